The molecular formula is C12H19NO2. The molecule has 2 rings (SSSR count). The van der Waals surface area contributed by atoms with Crippen molar-refractivity contribution in [3.05, 3.63) is 23.2 Å². The molecule has 3 nitrogen and oxygen atoms in total. The number of hydrogen-bond acceptors (Lipinski definition) is 3. The second kappa shape index (κ2) is 4.27. The lowest BCUT2D eigenvalue weighted by atomic mass is 9.84. The minimum atomic E-state index is 0.662. The van der Waals surface area contributed by atoms with Crippen molar-refractivity contribution in [2.75, 3.05) is 34.4 Å². The second-order valence-corrected chi connectivity index (χ2v) is 4.34. The maximum absolute atomic E-state index is 5.37. The summed E-state index contributed by atoms with van der Waals surface area (Å²) >= 11 is 0. The average molecular weight is 209 g/mol. The first-order chi connectivity index (χ1) is 7.24. The summed E-state index contributed by atoms with van der Waals surface area (Å²) < 4.78 is 10.7. The van der Waals surface area contributed by atoms with E-state index in [0.717, 1.165) is 24.5 Å². The summed E-state index contributed by atoms with van der Waals surface area (Å²) in [5.41, 5.74) is 1.49. The van der Waals surface area contributed by atoms with Crippen LogP contribution in [0.4, 0.5) is 0 Å². The molecule has 0 bridgehead atoms. The number of fused-ring (bicyclic) bond motifs is 1. The number of piperidine rings is 1. The van der Waals surface area contributed by atoms with Crippen LogP contribution in [-0.2, 0) is 9.47 Å². The highest BCUT2D eigenvalue weighted by molar-refractivity contribution is 5.31. The zero-order valence-corrected chi connectivity index (χ0v) is 9.75. The van der Waals surface area contributed by atoms with Crippen LogP contribution in [0.2, 0.25) is 0 Å². The molecule has 1 aliphatic carbocycles. The first-order valence-corrected chi connectivity index (χ1v) is 5.44. The van der Waals surface area contributed by atoms with E-state index >= 15 is 0 Å². The first-order valence-electron chi connectivity index (χ1n) is 5.44. The summed E-state index contributed by atoms with van der Waals surface area (Å²) in [7, 11) is 5.60. The zero-order chi connectivity index (χ0) is 10.8. The molecule has 1 fully saturated rings. The molecule has 3 heteroatoms. The topological polar surface area (TPSA) is 21.7 Å². The predicted octanol–water partition coefficient (Wildman–Crippen LogP) is 1.77. The number of nitrogens with zero attached hydrogens (tertiary/aromatic N) is 1. The summed E-state index contributed by atoms with van der Waals surface area (Å²) in [6.07, 6.45) is 4.38. The predicted molar refractivity (Wildman–Crippen MR) is 59.3 cm³/mol. The van der Waals surface area contributed by atoms with Crippen LogP contribution in [0.15, 0.2) is 23.2 Å². The monoisotopic (exact) mass is 209 g/mol. The number of hydrogen-bond donors (Lipinski definition) is 0. The van der Waals surface area contributed by atoms with Crippen molar-refractivity contribution >= 4 is 0 Å². The smallest absolute Gasteiger partial charge is 0.156 e. The third-order valence-electron chi connectivity index (χ3n) is 3.33. The van der Waals surface area contributed by atoms with Crippen LogP contribution in [0.25, 0.3) is 0 Å². The third-order valence-corrected chi connectivity index (χ3v) is 3.33. The minimum Gasteiger partial charge on any atom is -0.497 e. The molecule has 0 spiro atoms. The molecule has 0 amide bonds. The summed E-state index contributed by atoms with van der Waals surface area (Å²) in [5, 5.41) is 0. The first kappa shape index (κ1) is 10.6. The van der Waals surface area contributed by atoms with Crippen molar-refractivity contribution in [2.45, 2.75) is 12.8 Å². The quantitative estimate of drug-likeness (QED) is 0.692. The Morgan fingerprint density at radius 2 is 2.13 bits per heavy atom. The number of likely N-dealkylation sites (N-methyl/N-ethyl adjacent to an activating group) is 1. The van der Waals surface area contributed by atoms with E-state index < -0.39 is 0 Å². The summed E-state index contributed by atoms with van der Waals surface area (Å²) in [4.78, 5) is 2.35. The molecule has 0 N–H and O–H groups in total. The molecule has 1 atom stereocenters. The number of methoxy groups -OCH3 is 2. The van der Waals surface area contributed by atoms with Gasteiger partial charge in [0, 0.05) is 13.0 Å². The van der Waals surface area contributed by atoms with E-state index in [2.05, 4.69) is 18.0 Å². The van der Waals surface area contributed by atoms with Crippen molar-refractivity contribution < 1.29 is 9.47 Å². The van der Waals surface area contributed by atoms with Crippen LogP contribution in [0, 0.1) is 5.92 Å². The molecule has 1 aliphatic heterocycles. The van der Waals surface area contributed by atoms with Gasteiger partial charge < -0.3 is 14.4 Å². The Morgan fingerprint density at radius 1 is 1.33 bits per heavy atom. The maximum Gasteiger partial charge on any atom is 0.156 e. The molecular weight excluding hydrogens is 190 g/mol. The van der Waals surface area contributed by atoms with E-state index in [4.69, 9.17) is 9.47 Å². The van der Waals surface area contributed by atoms with Crippen LogP contribution < -0.4 is 0 Å². The molecule has 2 aliphatic rings. The Bertz CT molecular complexity index is 307. The fourth-order valence-electron chi connectivity index (χ4n) is 2.41. The molecule has 0 aromatic heterocycles. The van der Waals surface area contributed by atoms with E-state index in [1.807, 2.05) is 0 Å². The van der Waals surface area contributed by atoms with Crippen LogP contribution in [0.5, 0.6) is 0 Å². The van der Waals surface area contributed by atoms with Gasteiger partial charge in [0.05, 0.1) is 14.2 Å². The maximum atomic E-state index is 5.37. The number of likely N-dealkylation sites (tertiary alicyclic amines) is 1. The highest BCUT2D eigenvalue weighted by Gasteiger charge is 2.28. The lowest BCUT2D eigenvalue weighted by Crippen LogP contribution is -2.34. The Balaban J connectivity index is 2.22. The molecule has 0 aromatic carbocycles. The molecule has 0 aromatic rings. The fraction of sp³-hybridized carbons (Fsp3) is 0.667. The van der Waals surface area contributed by atoms with Crippen LogP contribution in [0.3, 0.4) is 0 Å². The van der Waals surface area contributed by atoms with Gasteiger partial charge in [-0.3, -0.25) is 0 Å². The van der Waals surface area contributed by atoms with Gasteiger partial charge in [-0.25, -0.2) is 0 Å². The molecule has 1 saturated heterocycles. The Kier molecular flexibility index (Phi) is 3.00. The van der Waals surface area contributed by atoms with E-state index in [1.165, 1.54) is 18.5 Å². The highest BCUT2D eigenvalue weighted by Crippen LogP contribution is 2.34. The lowest BCUT2D eigenvalue weighted by molar-refractivity contribution is 0.189. The van der Waals surface area contributed by atoms with Gasteiger partial charge in [0.15, 0.2) is 5.76 Å². The van der Waals surface area contributed by atoms with E-state index in [1.54, 1.807) is 14.2 Å². The van der Waals surface area contributed by atoms with Crippen LogP contribution >= 0.6 is 0 Å². The van der Waals surface area contributed by atoms with E-state index in [0.29, 0.717) is 5.92 Å². The van der Waals surface area contributed by atoms with Gasteiger partial charge in [-0.05, 0) is 37.6 Å². The highest BCUT2D eigenvalue weighted by atomic mass is 16.5. The largest absolute Gasteiger partial charge is 0.497 e. The van der Waals surface area contributed by atoms with E-state index in [9.17, 15) is 0 Å². The van der Waals surface area contributed by atoms with Crippen molar-refractivity contribution in [3.8, 4) is 0 Å². The average Bonchev–Trinajstić information content (AvgIpc) is 2.27. The zero-order valence-electron chi connectivity index (χ0n) is 9.75. The molecule has 0 radical (unpaired) electrons. The van der Waals surface area contributed by atoms with Gasteiger partial charge in [0.25, 0.3) is 0 Å². The van der Waals surface area contributed by atoms with Gasteiger partial charge >= 0.3 is 0 Å². The summed E-state index contributed by atoms with van der Waals surface area (Å²) in [6, 6.07) is 0. The van der Waals surface area contributed by atoms with Gasteiger partial charge in [-0.15, -0.1) is 0 Å². The SMILES string of the molecule is COC1=C(OC)CC2CCN(C)CC2=C1. The summed E-state index contributed by atoms with van der Waals surface area (Å²) in [5.74, 6) is 2.56. The fourth-order valence-corrected chi connectivity index (χ4v) is 2.41. The summed E-state index contributed by atoms with van der Waals surface area (Å²) in [6.45, 7) is 2.25. The van der Waals surface area contributed by atoms with Gasteiger partial charge in [-0.1, -0.05) is 0 Å². The van der Waals surface area contributed by atoms with Crippen LogP contribution in [-0.4, -0.2) is 39.3 Å². The second-order valence-electron chi connectivity index (χ2n) is 4.34. The molecule has 84 valence electrons. The lowest BCUT2D eigenvalue weighted by Gasteiger charge is -2.34. The molecule has 1 heterocycles. The Morgan fingerprint density at radius 3 is 2.80 bits per heavy atom. The normalized spacial score (nSPS) is 27.1. The van der Waals surface area contributed by atoms with Crippen molar-refractivity contribution in [1.29, 1.82) is 0 Å². The van der Waals surface area contributed by atoms with Gasteiger partial charge in [0.2, 0.25) is 0 Å². The van der Waals surface area contributed by atoms with Crippen molar-refractivity contribution in [3.63, 3.8) is 0 Å². The minimum absolute atomic E-state index is 0.662. The van der Waals surface area contributed by atoms with E-state index in [-0.39, 0.29) is 0 Å². The van der Waals surface area contributed by atoms with Gasteiger partial charge in [0.1, 0.15) is 5.76 Å². The van der Waals surface area contributed by atoms with Gasteiger partial charge in [-0.2, -0.15) is 0 Å². The molecule has 15 heavy (non-hydrogen) atoms. The Labute approximate surface area is 91.3 Å². The van der Waals surface area contributed by atoms with Crippen LogP contribution in [0.1, 0.15) is 12.8 Å². The Hall–Kier alpha value is -0.960. The standard InChI is InChI=1S/C12H19NO2/c1-13-5-4-9-6-11(14-2)12(15-3)7-10(9)8-13/h7,9H,4-6,8H2,1-3H3. The molecule has 1 unspecified atom stereocenters. The number of ether oxygens (including phenoxy) is 2. The van der Waals surface area contributed by atoms with Crippen molar-refractivity contribution in [1.82, 2.24) is 4.90 Å². The van der Waals surface area contributed by atoms with Crippen molar-refractivity contribution in [2.24, 2.45) is 5.92 Å². The number of allylic oxidation sites excluding steroid dienone is 2. The third kappa shape index (κ3) is 2.02. The number of rotatable bonds is 2. The molecule has 0 saturated carbocycles.